The van der Waals surface area contributed by atoms with Crippen molar-refractivity contribution in [2.45, 2.75) is 50.2 Å². The Labute approximate surface area is 171 Å². The zero-order valence-electron chi connectivity index (χ0n) is 16.4. The maximum atomic E-state index is 13.1. The molecule has 2 aromatic carbocycles. The summed E-state index contributed by atoms with van der Waals surface area (Å²) in [6.45, 7) is 2.36. The van der Waals surface area contributed by atoms with Crippen LogP contribution in [0.5, 0.6) is 0 Å². The minimum atomic E-state index is -4.88. The Kier molecular flexibility index (Phi) is 6.48. The summed E-state index contributed by atoms with van der Waals surface area (Å²) in [5.41, 5.74) is -2.37. The molecule has 2 nitrogen and oxygen atoms in total. The molecule has 0 spiro atoms. The summed E-state index contributed by atoms with van der Waals surface area (Å²) < 4.78 is 84.7. The first-order valence-electron chi connectivity index (χ1n) is 9.73. The van der Waals surface area contributed by atoms with Crippen molar-refractivity contribution < 1.29 is 31.1 Å². The van der Waals surface area contributed by atoms with Gasteiger partial charge in [-0.15, -0.1) is 0 Å². The van der Waals surface area contributed by atoms with Gasteiger partial charge in [-0.2, -0.15) is 26.3 Å². The maximum absolute atomic E-state index is 13.1. The quantitative estimate of drug-likeness (QED) is 0.548. The molecule has 0 aliphatic carbocycles. The Morgan fingerprint density at radius 2 is 1.53 bits per heavy atom. The summed E-state index contributed by atoms with van der Waals surface area (Å²) in [6, 6.07) is 11.1. The van der Waals surface area contributed by atoms with Crippen molar-refractivity contribution in [1.82, 2.24) is 5.32 Å². The molecule has 1 aliphatic rings. The van der Waals surface area contributed by atoms with E-state index in [0.717, 1.165) is 43.5 Å². The number of halogens is 6. The van der Waals surface area contributed by atoms with Crippen LogP contribution >= 0.6 is 0 Å². The van der Waals surface area contributed by atoms with Gasteiger partial charge in [-0.05, 0) is 62.1 Å². The van der Waals surface area contributed by atoms with Crippen LogP contribution in [-0.2, 0) is 22.6 Å². The SMILES string of the molecule is C[C@@H](OC[C@]1(c2ccccc2)CCCCN1)c1cc(C(F)(F)F)cc(C(F)(F)F)c1. The lowest BCUT2D eigenvalue weighted by Crippen LogP contribution is -2.49. The molecule has 0 radical (unpaired) electrons. The Hall–Kier alpha value is -2.06. The van der Waals surface area contributed by atoms with Crippen LogP contribution in [0.3, 0.4) is 0 Å². The zero-order valence-corrected chi connectivity index (χ0v) is 16.4. The molecule has 1 saturated heterocycles. The molecule has 0 amide bonds. The third-order valence-corrected chi connectivity index (χ3v) is 5.48. The second-order valence-corrected chi connectivity index (χ2v) is 7.62. The first-order valence-corrected chi connectivity index (χ1v) is 9.73. The van der Waals surface area contributed by atoms with Crippen molar-refractivity contribution in [2.75, 3.05) is 13.2 Å². The lowest BCUT2D eigenvalue weighted by Gasteiger charge is -2.39. The van der Waals surface area contributed by atoms with Crippen LogP contribution in [0.4, 0.5) is 26.3 Å². The average molecular weight is 431 g/mol. The van der Waals surface area contributed by atoms with Crippen molar-refractivity contribution in [3.63, 3.8) is 0 Å². The smallest absolute Gasteiger partial charge is 0.372 e. The van der Waals surface area contributed by atoms with E-state index in [9.17, 15) is 26.3 Å². The van der Waals surface area contributed by atoms with Crippen LogP contribution < -0.4 is 5.32 Å². The normalized spacial score (nSPS) is 21.4. The van der Waals surface area contributed by atoms with Gasteiger partial charge >= 0.3 is 12.4 Å². The molecule has 0 aromatic heterocycles. The fourth-order valence-corrected chi connectivity index (χ4v) is 3.76. The standard InChI is InChI=1S/C22H23F6NO/c1-15(16-11-18(21(23,24)25)13-19(12-16)22(26,27)28)30-14-20(9-5-6-10-29-20)17-7-3-2-4-8-17/h2-4,7-8,11-13,15,29H,5-6,9-10,14H2,1H3/t15-,20+/m1/s1. The molecule has 0 bridgehead atoms. The van der Waals surface area contributed by atoms with Crippen molar-refractivity contribution in [3.05, 3.63) is 70.8 Å². The number of rotatable bonds is 5. The molecule has 1 N–H and O–H groups in total. The summed E-state index contributed by atoms with van der Waals surface area (Å²) in [4.78, 5) is 0. The second-order valence-electron chi connectivity index (χ2n) is 7.62. The van der Waals surface area contributed by atoms with E-state index < -0.39 is 35.1 Å². The molecule has 8 heteroatoms. The zero-order chi connectivity index (χ0) is 22.0. The summed E-state index contributed by atoms with van der Waals surface area (Å²) in [7, 11) is 0. The Morgan fingerprint density at radius 3 is 2.03 bits per heavy atom. The predicted octanol–water partition coefficient (Wildman–Crippen LogP) is 6.47. The van der Waals surface area contributed by atoms with E-state index in [1.54, 1.807) is 0 Å². The van der Waals surface area contributed by atoms with Gasteiger partial charge in [0.15, 0.2) is 0 Å². The number of piperidine rings is 1. The first kappa shape index (κ1) is 22.6. The highest BCUT2D eigenvalue weighted by atomic mass is 19.4. The molecule has 2 atom stereocenters. The molecular formula is C22H23F6NO. The van der Waals surface area contributed by atoms with Crippen molar-refractivity contribution in [3.8, 4) is 0 Å². The highest BCUT2D eigenvalue weighted by molar-refractivity contribution is 5.35. The lowest BCUT2D eigenvalue weighted by molar-refractivity contribution is -0.143. The minimum absolute atomic E-state index is 0.129. The topological polar surface area (TPSA) is 21.3 Å². The number of hydrogen-bond donors (Lipinski definition) is 1. The van der Waals surface area contributed by atoms with Crippen LogP contribution in [0.2, 0.25) is 0 Å². The first-order chi connectivity index (χ1) is 14.0. The maximum Gasteiger partial charge on any atom is 0.416 e. The van der Waals surface area contributed by atoms with Crippen LogP contribution in [0.15, 0.2) is 48.5 Å². The number of nitrogens with one attached hydrogen (secondary N) is 1. The van der Waals surface area contributed by atoms with E-state index in [4.69, 9.17) is 4.74 Å². The van der Waals surface area contributed by atoms with Crippen LogP contribution in [-0.4, -0.2) is 13.2 Å². The molecule has 30 heavy (non-hydrogen) atoms. The number of alkyl halides is 6. The van der Waals surface area contributed by atoms with Crippen LogP contribution in [0.25, 0.3) is 0 Å². The molecule has 1 aliphatic heterocycles. The van der Waals surface area contributed by atoms with Crippen LogP contribution in [0.1, 0.15) is 54.5 Å². The largest absolute Gasteiger partial charge is 0.416 e. The average Bonchev–Trinajstić information content (AvgIpc) is 2.72. The van der Waals surface area contributed by atoms with Crippen molar-refractivity contribution in [1.29, 1.82) is 0 Å². The number of benzene rings is 2. The van der Waals surface area contributed by atoms with Gasteiger partial charge in [0.1, 0.15) is 0 Å². The molecule has 1 heterocycles. The molecule has 164 valence electrons. The minimum Gasteiger partial charge on any atom is -0.372 e. The van der Waals surface area contributed by atoms with Gasteiger partial charge in [-0.1, -0.05) is 30.3 Å². The van der Waals surface area contributed by atoms with Crippen molar-refractivity contribution >= 4 is 0 Å². The molecule has 0 saturated carbocycles. The van der Waals surface area contributed by atoms with Gasteiger partial charge in [0.05, 0.1) is 29.4 Å². The van der Waals surface area contributed by atoms with E-state index in [1.165, 1.54) is 6.92 Å². The van der Waals surface area contributed by atoms with E-state index in [0.29, 0.717) is 0 Å². The summed E-state index contributed by atoms with van der Waals surface area (Å²) >= 11 is 0. The van der Waals surface area contributed by atoms with Gasteiger partial charge in [-0.25, -0.2) is 0 Å². The fraction of sp³-hybridized carbons (Fsp3) is 0.455. The van der Waals surface area contributed by atoms with E-state index in [-0.39, 0.29) is 18.2 Å². The third-order valence-electron chi connectivity index (χ3n) is 5.48. The summed E-state index contributed by atoms with van der Waals surface area (Å²) in [5, 5.41) is 3.44. The number of ether oxygens (including phenoxy) is 1. The molecule has 2 aromatic rings. The van der Waals surface area contributed by atoms with E-state index in [1.807, 2.05) is 30.3 Å². The van der Waals surface area contributed by atoms with Gasteiger partial charge in [0.25, 0.3) is 0 Å². The highest BCUT2D eigenvalue weighted by Crippen LogP contribution is 2.39. The van der Waals surface area contributed by atoms with Gasteiger partial charge < -0.3 is 10.1 Å². The Bertz CT molecular complexity index is 809. The molecular weight excluding hydrogens is 408 g/mol. The Balaban J connectivity index is 1.86. The van der Waals surface area contributed by atoms with Crippen LogP contribution in [0, 0.1) is 0 Å². The second kappa shape index (κ2) is 8.59. The lowest BCUT2D eigenvalue weighted by atomic mass is 9.83. The van der Waals surface area contributed by atoms with Crippen molar-refractivity contribution in [2.24, 2.45) is 0 Å². The summed E-state index contributed by atoms with van der Waals surface area (Å²) in [6.07, 6.45) is -8.01. The monoisotopic (exact) mass is 431 g/mol. The van der Waals surface area contributed by atoms with Gasteiger partial charge in [-0.3, -0.25) is 0 Å². The van der Waals surface area contributed by atoms with Gasteiger partial charge in [0.2, 0.25) is 0 Å². The Morgan fingerprint density at radius 1 is 0.933 bits per heavy atom. The number of hydrogen-bond acceptors (Lipinski definition) is 2. The highest BCUT2D eigenvalue weighted by Gasteiger charge is 2.38. The van der Waals surface area contributed by atoms with E-state index >= 15 is 0 Å². The fourth-order valence-electron chi connectivity index (χ4n) is 3.76. The molecule has 3 rings (SSSR count). The van der Waals surface area contributed by atoms with Gasteiger partial charge in [0, 0.05) is 0 Å². The predicted molar refractivity (Wildman–Crippen MR) is 101 cm³/mol. The molecule has 1 fully saturated rings. The summed E-state index contributed by atoms with van der Waals surface area (Å²) in [5.74, 6) is 0. The third kappa shape index (κ3) is 5.16. The molecule has 0 unspecified atom stereocenters. The van der Waals surface area contributed by atoms with E-state index in [2.05, 4.69) is 5.32 Å².